The van der Waals surface area contributed by atoms with Gasteiger partial charge in [0.15, 0.2) is 17.5 Å². The van der Waals surface area contributed by atoms with Crippen LogP contribution in [0.4, 0.5) is 10.2 Å². The monoisotopic (exact) mass is 567 g/mol. The Kier molecular flexibility index (Phi) is 7.03. The van der Waals surface area contributed by atoms with E-state index in [0.29, 0.717) is 18.5 Å². The zero-order valence-electron chi connectivity index (χ0n) is 19.9. The number of nitrogens with zero attached hydrogens (tertiary/aromatic N) is 4. The van der Waals surface area contributed by atoms with Gasteiger partial charge in [-0.1, -0.05) is 29.3 Å². The smallest absolute Gasteiger partial charge is 0.261 e. The minimum absolute atomic E-state index is 0.0264. The van der Waals surface area contributed by atoms with Crippen molar-refractivity contribution in [1.82, 2.24) is 19.4 Å². The Morgan fingerprint density at radius 1 is 1.16 bits per heavy atom. The summed E-state index contributed by atoms with van der Waals surface area (Å²) in [6, 6.07) is 6.58. The lowest BCUT2D eigenvalue weighted by atomic mass is 9.94. The van der Waals surface area contributed by atoms with E-state index in [-0.39, 0.29) is 34.3 Å². The normalized spacial score (nSPS) is 17.2. The molecule has 0 fully saturated rings. The number of halogens is 3. The van der Waals surface area contributed by atoms with E-state index in [1.54, 1.807) is 17.0 Å². The SMILES string of the molecule is CS(=O)(=O)Nc1ccc(OCC(=O)N2CCc3nc4n(c3[C@@H]2c2ccc(Cl)cc2F)CCCC4)c(Cl)n1. The number of benzene rings is 1. The van der Waals surface area contributed by atoms with Gasteiger partial charge in [0.2, 0.25) is 10.0 Å². The van der Waals surface area contributed by atoms with Gasteiger partial charge in [0.1, 0.15) is 23.5 Å². The van der Waals surface area contributed by atoms with Crippen molar-refractivity contribution in [3.63, 3.8) is 0 Å². The number of fused-ring (bicyclic) bond motifs is 3. The zero-order chi connectivity index (χ0) is 26.3. The number of pyridine rings is 1. The molecule has 0 aliphatic carbocycles. The molecule has 1 atom stereocenters. The molecule has 0 saturated heterocycles. The summed E-state index contributed by atoms with van der Waals surface area (Å²) in [7, 11) is -3.53. The first-order valence-electron chi connectivity index (χ1n) is 11.7. The van der Waals surface area contributed by atoms with Crippen LogP contribution in [0.15, 0.2) is 30.3 Å². The highest BCUT2D eigenvalue weighted by atomic mass is 35.5. The molecule has 0 saturated carbocycles. The van der Waals surface area contributed by atoms with E-state index in [2.05, 4.69) is 14.3 Å². The second kappa shape index (κ2) is 10.1. The number of aromatic nitrogens is 3. The van der Waals surface area contributed by atoms with Crippen molar-refractivity contribution in [3.8, 4) is 5.75 Å². The first kappa shape index (κ1) is 25.7. The van der Waals surface area contributed by atoms with Crippen LogP contribution in [0.5, 0.6) is 5.75 Å². The lowest BCUT2D eigenvalue weighted by Gasteiger charge is -2.37. The van der Waals surface area contributed by atoms with E-state index in [1.807, 2.05) is 0 Å². The van der Waals surface area contributed by atoms with Crippen molar-refractivity contribution in [2.45, 2.75) is 38.3 Å². The predicted molar refractivity (Wildman–Crippen MR) is 137 cm³/mol. The molecule has 0 unspecified atom stereocenters. The molecule has 3 aromatic rings. The molecule has 0 bridgehead atoms. The van der Waals surface area contributed by atoms with Gasteiger partial charge in [-0.3, -0.25) is 9.52 Å². The minimum Gasteiger partial charge on any atom is -0.481 e. The number of rotatable bonds is 6. The molecule has 9 nitrogen and oxygen atoms in total. The summed E-state index contributed by atoms with van der Waals surface area (Å²) in [5.74, 6) is 0.227. The fourth-order valence-corrected chi connectivity index (χ4v) is 5.72. The molecule has 1 N–H and O–H groups in total. The molecule has 2 aromatic heterocycles. The molecule has 37 heavy (non-hydrogen) atoms. The molecule has 0 radical (unpaired) electrons. The number of aryl methyl sites for hydroxylation is 1. The van der Waals surface area contributed by atoms with Gasteiger partial charge in [-0.15, -0.1) is 0 Å². The number of nitrogens with one attached hydrogen (secondary N) is 1. The van der Waals surface area contributed by atoms with Gasteiger partial charge < -0.3 is 14.2 Å². The highest BCUT2D eigenvalue weighted by Crippen LogP contribution is 2.39. The van der Waals surface area contributed by atoms with Crippen LogP contribution < -0.4 is 9.46 Å². The first-order chi connectivity index (χ1) is 17.6. The molecule has 196 valence electrons. The Morgan fingerprint density at radius 2 is 1.97 bits per heavy atom. The largest absolute Gasteiger partial charge is 0.481 e. The van der Waals surface area contributed by atoms with Crippen LogP contribution >= 0.6 is 23.2 Å². The van der Waals surface area contributed by atoms with Crippen LogP contribution in [0.3, 0.4) is 0 Å². The number of amides is 1. The lowest BCUT2D eigenvalue weighted by Crippen LogP contribution is -2.44. The van der Waals surface area contributed by atoms with Crippen molar-refractivity contribution < 1.29 is 22.3 Å². The average molecular weight is 568 g/mol. The summed E-state index contributed by atoms with van der Waals surface area (Å²) in [5.41, 5.74) is 2.04. The molecule has 13 heteroatoms. The number of hydrogen-bond donors (Lipinski definition) is 1. The molecule has 1 aromatic carbocycles. The van der Waals surface area contributed by atoms with Gasteiger partial charge in [-0.05, 0) is 37.1 Å². The van der Waals surface area contributed by atoms with E-state index in [4.69, 9.17) is 32.9 Å². The summed E-state index contributed by atoms with van der Waals surface area (Å²) in [6.07, 6.45) is 4.40. The number of hydrogen-bond acceptors (Lipinski definition) is 6. The number of anilines is 1. The Hall–Kier alpha value is -2.89. The van der Waals surface area contributed by atoms with Crippen molar-refractivity contribution in [2.75, 3.05) is 24.1 Å². The highest BCUT2D eigenvalue weighted by Gasteiger charge is 2.38. The first-order valence-corrected chi connectivity index (χ1v) is 14.3. The van der Waals surface area contributed by atoms with Gasteiger partial charge in [-0.25, -0.2) is 22.8 Å². The number of carbonyl (C=O) groups excluding carboxylic acids is 1. The third-order valence-electron chi connectivity index (χ3n) is 6.39. The number of carbonyl (C=O) groups is 1. The fourth-order valence-electron chi connectivity index (χ4n) is 4.86. The average Bonchev–Trinajstić information content (AvgIpc) is 3.21. The molecule has 2 aliphatic rings. The Labute approximate surface area is 223 Å². The lowest BCUT2D eigenvalue weighted by molar-refractivity contribution is -0.135. The van der Waals surface area contributed by atoms with Gasteiger partial charge in [-0.2, -0.15) is 0 Å². The van der Waals surface area contributed by atoms with Gasteiger partial charge in [0.05, 0.1) is 17.6 Å². The van der Waals surface area contributed by atoms with Crippen LogP contribution in [-0.4, -0.2) is 53.2 Å². The Morgan fingerprint density at radius 3 is 2.70 bits per heavy atom. The maximum atomic E-state index is 15.2. The highest BCUT2D eigenvalue weighted by molar-refractivity contribution is 7.92. The quantitative estimate of drug-likeness (QED) is 0.451. The number of sulfonamides is 1. The van der Waals surface area contributed by atoms with Gasteiger partial charge >= 0.3 is 0 Å². The molecular weight excluding hydrogens is 544 g/mol. The van der Waals surface area contributed by atoms with Crippen molar-refractivity contribution >= 4 is 45.0 Å². The zero-order valence-corrected chi connectivity index (χ0v) is 22.2. The van der Waals surface area contributed by atoms with Crippen LogP contribution in [0.2, 0.25) is 10.2 Å². The van der Waals surface area contributed by atoms with E-state index < -0.39 is 21.9 Å². The van der Waals surface area contributed by atoms with Crippen LogP contribution in [0.25, 0.3) is 0 Å². The van der Waals surface area contributed by atoms with E-state index >= 15 is 4.39 Å². The molecule has 5 rings (SSSR count). The fraction of sp³-hybridized carbons (Fsp3) is 0.375. The van der Waals surface area contributed by atoms with Crippen molar-refractivity contribution in [3.05, 3.63) is 69.1 Å². The second-order valence-corrected chi connectivity index (χ2v) is 11.6. The van der Waals surface area contributed by atoms with Crippen LogP contribution in [-0.2, 0) is 34.2 Å². The molecule has 2 aliphatic heterocycles. The van der Waals surface area contributed by atoms with Crippen LogP contribution in [0, 0.1) is 5.82 Å². The summed E-state index contributed by atoms with van der Waals surface area (Å²) in [4.78, 5) is 23.8. The maximum Gasteiger partial charge on any atom is 0.261 e. The second-order valence-electron chi connectivity index (χ2n) is 9.02. The van der Waals surface area contributed by atoms with E-state index in [0.717, 1.165) is 49.3 Å². The third kappa shape index (κ3) is 5.39. The van der Waals surface area contributed by atoms with Crippen molar-refractivity contribution in [2.24, 2.45) is 0 Å². The maximum absolute atomic E-state index is 15.2. The molecule has 0 spiro atoms. The Bertz CT molecular complexity index is 1480. The van der Waals surface area contributed by atoms with E-state index in [9.17, 15) is 13.2 Å². The standard InChI is InChI=1S/C24H24Cl2FN5O4S/c1-37(34,35)30-19-8-7-18(24(26)29-19)36-13-21(33)32-11-9-17-23(31-10-3-2-4-20(31)28-17)22(32)15-6-5-14(25)12-16(15)27/h5-8,12,22H,2-4,9-11,13H2,1H3,(H,29,30)/t22-/m0/s1. The van der Waals surface area contributed by atoms with Crippen molar-refractivity contribution in [1.29, 1.82) is 0 Å². The summed E-state index contributed by atoms with van der Waals surface area (Å²) in [5, 5.41) is 0.164. The Balaban J connectivity index is 1.43. The summed E-state index contributed by atoms with van der Waals surface area (Å²) >= 11 is 12.2. The summed E-state index contributed by atoms with van der Waals surface area (Å²) < 4.78 is 48.0. The van der Waals surface area contributed by atoms with Crippen LogP contribution in [0.1, 0.15) is 41.7 Å². The van der Waals surface area contributed by atoms with Gasteiger partial charge in [0.25, 0.3) is 5.91 Å². The number of ether oxygens (including phenoxy) is 1. The number of imidazole rings is 1. The molecule has 1 amide bonds. The third-order valence-corrected chi connectivity index (χ3v) is 7.47. The van der Waals surface area contributed by atoms with Gasteiger partial charge in [0, 0.05) is 36.5 Å². The topological polar surface area (TPSA) is 106 Å². The molecular formula is C24H24Cl2FN5O4S. The molecule has 4 heterocycles. The summed E-state index contributed by atoms with van der Waals surface area (Å²) in [6.45, 7) is 0.723. The minimum atomic E-state index is -3.53. The van der Waals surface area contributed by atoms with E-state index in [1.165, 1.54) is 18.2 Å². The predicted octanol–water partition coefficient (Wildman–Crippen LogP) is 3.98.